The lowest BCUT2D eigenvalue weighted by atomic mass is 9.49. The Morgan fingerprint density at radius 1 is 0.915 bits per heavy atom. The van der Waals surface area contributed by atoms with E-state index in [4.69, 9.17) is 18.9 Å². The molecule has 10 N–H and O–H groups in total. The summed E-state index contributed by atoms with van der Waals surface area (Å²) < 4.78 is 23.2. The van der Waals surface area contributed by atoms with Crippen LogP contribution in [0.15, 0.2) is 6.07 Å². The second kappa shape index (κ2) is 13.4. The topological polar surface area (TPSA) is 256 Å². The first kappa shape index (κ1) is 36.3. The Kier molecular flexibility index (Phi) is 10.3. The number of ether oxygens (including phenoxy) is 4. The lowest BCUT2D eigenvalue weighted by molar-refractivity contribution is -0.358. The molecule has 1 aromatic rings. The van der Waals surface area contributed by atoms with Gasteiger partial charge in [0.05, 0.1) is 25.4 Å². The Labute approximate surface area is 271 Å². The number of fused-ring (bicyclic) bond motifs is 3. The number of phenols is 1. The van der Waals surface area contributed by atoms with Crippen LogP contribution in [0.4, 0.5) is 0 Å². The van der Waals surface area contributed by atoms with Crippen molar-refractivity contribution in [3.63, 3.8) is 0 Å². The molecule has 0 spiro atoms. The summed E-state index contributed by atoms with van der Waals surface area (Å²) >= 11 is 0. The van der Waals surface area contributed by atoms with Gasteiger partial charge >= 0.3 is 0 Å². The Morgan fingerprint density at radius 3 is 2.11 bits per heavy atom. The van der Waals surface area contributed by atoms with Crippen molar-refractivity contribution in [1.29, 1.82) is 0 Å². The predicted molar refractivity (Wildman–Crippen MR) is 159 cm³/mol. The zero-order valence-corrected chi connectivity index (χ0v) is 26.8. The highest BCUT2D eigenvalue weighted by molar-refractivity contribution is 6.01. The van der Waals surface area contributed by atoms with Crippen molar-refractivity contribution in [2.45, 2.75) is 132 Å². The van der Waals surface area contributed by atoms with Crippen LogP contribution < -0.4 is 4.74 Å². The molecule has 0 amide bonds. The van der Waals surface area contributed by atoms with Gasteiger partial charge in [-0.25, -0.2) is 0 Å². The third-order valence-electron chi connectivity index (χ3n) is 10.8. The van der Waals surface area contributed by atoms with Crippen LogP contribution in [0.2, 0.25) is 0 Å². The fourth-order valence-corrected chi connectivity index (χ4v) is 7.97. The normalized spacial score (nSPS) is 42.4. The lowest BCUT2D eigenvalue weighted by Gasteiger charge is -2.55. The highest BCUT2D eigenvalue weighted by Gasteiger charge is 2.57. The van der Waals surface area contributed by atoms with Crippen LogP contribution in [0.5, 0.6) is 11.5 Å². The molecule has 2 aliphatic carbocycles. The molecule has 47 heavy (non-hydrogen) atoms. The molecular formula is C32H48O15. The van der Waals surface area contributed by atoms with Gasteiger partial charge in [0.25, 0.3) is 0 Å². The molecule has 1 unspecified atom stereocenters. The molecule has 0 bridgehead atoms. The number of carbonyl (C=O) groups is 1. The van der Waals surface area contributed by atoms with E-state index >= 15 is 0 Å². The summed E-state index contributed by atoms with van der Waals surface area (Å²) in [5.41, 5.74) is -0.723. The number of phenolic OH excluding ortho intramolecular Hbond substituents is 1. The third kappa shape index (κ3) is 6.19. The van der Waals surface area contributed by atoms with Crippen molar-refractivity contribution in [1.82, 2.24) is 0 Å². The second-order valence-corrected chi connectivity index (χ2v) is 14.3. The third-order valence-corrected chi connectivity index (χ3v) is 10.8. The van der Waals surface area contributed by atoms with E-state index in [0.717, 1.165) is 0 Å². The molecule has 15 nitrogen and oxygen atoms in total. The Bertz CT molecular complexity index is 1300. The molecule has 1 aromatic carbocycles. The number of hydrogen-bond acceptors (Lipinski definition) is 15. The second-order valence-electron chi connectivity index (χ2n) is 14.3. The monoisotopic (exact) mass is 672 g/mol. The summed E-state index contributed by atoms with van der Waals surface area (Å²) in [6.07, 6.45) is -17.8. The van der Waals surface area contributed by atoms with Crippen molar-refractivity contribution in [3.8, 4) is 11.5 Å². The Morgan fingerprint density at radius 2 is 1.51 bits per heavy atom. The number of rotatable bonds is 8. The van der Waals surface area contributed by atoms with E-state index in [-0.39, 0.29) is 41.4 Å². The van der Waals surface area contributed by atoms with Crippen molar-refractivity contribution in [2.75, 3.05) is 13.2 Å². The van der Waals surface area contributed by atoms with Crippen molar-refractivity contribution >= 4 is 5.78 Å². The minimum Gasteiger partial charge on any atom is -0.504 e. The predicted octanol–water partition coefficient (Wildman–Crippen LogP) is -2.04. The van der Waals surface area contributed by atoms with Gasteiger partial charge in [0.15, 0.2) is 29.7 Å². The van der Waals surface area contributed by atoms with Crippen LogP contribution >= 0.6 is 0 Å². The number of aromatic hydroxyl groups is 1. The average molecular weight is 673 g/mol. The number of aliphatic hydroxyl groups is 9. The average Bonchev–Trinajstić information content (AvgIpc) is 3.01. The highest BCUT2D eigenvalue weighted by atomic mass is 16.8. The smallest absolute Gasteiger partial charge is 0.229 e. The Hall–Kier alpha value is -1.99. The van der Waals surface area contributed by atoms with Crippen molar-refractivity contribution < 1.29 is 74.8 Å². The van der Waals surface area contributed by atoms with Gasteiger partial charge in [-0.3, -0.25) is 4.79 Å². The summed E-state index contributed by atoms with van der Waals surface area (Å²) in [6, 6.07) is 1.53. The summed E-state index contributed by atoms with van der Waals surface area (Å²) in [5.74, 6) is -1.27. The van der Waals surface area contributed by atoms with E-state index in [1.165, 1.54) is 13.0 Å². The molecule has 266 valence electrons. The van der Waals surface area contributed by atoms with E-state index in [1.54, 1.807) is 0 Å². The largest absolute Gasteiger partial charge is 0.504 e. The highest BCUT2D eigenvalue weighted by Crippen LogP contribution is 2.60. The molecule has 3 fully saturated rings. The number of benzene rings is 1. The number of hydrogen-bond donors (Lipinski definition) is 10. The molecule has 2 aliphatic heterocycles. The van der Waals surface area contributed by atoms with Crippen LogP contribution in [-0.2, 0) is 26.0 Å². The van der Waals surface area contributed by atoms with E-state index in [0.29, 0.717) is 18.4 Å². The minimum absolute atomic E-state index is 0.0899. The van der Waals surface area contributed by atoms with Crippen molar-refractivity contribution in [2.24, 2.45) is 11.3 Å². The standard InChI is InChI=1S/C32H48O15/c1-12(35)7-13-8-14-15(36)9-18-31(2,3)19(37)5-6-32(18,4)20(14)23(40)27(13)46-30-28(25(42)22(39)17(11-34)45-30)47-29-26(43)24(41)21(38)16(10-33)44-29/h8,12,16-19,21-22,24-26,28-30,33-35,37-43H,5-7,9-11H2,1-4H3/t12?,16-,17-,18+,19+,21-,22-,24+,25+,26-,28-,29+,30+,32+/m1/s1. The van der Waals surface area contributed by atoms with Crippen LogP contribution in [0.1, 0.15) is 68.4 Å². The van der Waals surface area contributed by atoms with Gasteiger partial charge in [-0.05, 0) is 37.2 Å². The van der Waals surface area contributed by atoms with E-state index < -0.39 is 103 Å². The molecule has 15 heteroatoms. The first-order valence-electron chi connectivity index (χ1n) is 16.0. The van der Waals surface area contributed by atoms with Crippen molar-refractivity contribution in [3.05, 3.63) is 22.8 Å². The fourth-order valence-electron chi connectivity index (χ4n) is 7.97. The van der Waals surface area contributed by atoms with Gasteiger partial charge in [0.1, 0.15) is 42.7 Å². The number of aliphatic hydroxyl groups excluding tert-OH is 9. The molecule has 5 rings (SSSR count). The molecule has 1 saturated carbocycles. The molecule has 4 aliphatic rings. The van der Waals surface area contributed by atoms with Gasteiger partial charge in [-0.15, -0.1) is 0 Å². The minimum atomic E-state index is -1.88. The zero-order valence-electron chi connectivity index (χ0n) is 26.8. The molecule has 0 aromatic heterocycles. The van der Waals surface area contributed by atoms with Crippen LogP contribution in [0.25, 0.3) is 0 Å². The van der Waals surface area contributed by atoms with E-state index in [2.05, 4.69) is 0 Å². The van der Waals surface area contributed by atoms with Gasteiger partial charge < -0.3 is 70.0 Å². The van der Waals surface area contributed by atoms with E-state index in [1.807, 2.05) is 20.8 Å². The van der Waals surface area contributed by atoms with Gasteiger partial charge in [-0.2, -0.15) is 0 Å². The first-order valence-corrected chi connectivity index (χ1v) is 16.0. The fraction of sp³-hybridized carbons (Fsp3) is 0.781. The maximum atomic E-state index is 13.6. The molecule has 2 heterocycles. The number of carbonyl (C=O) groups excluding carboxylic acids is 1. The van der Waals surface area contributed by atoms with E-state index in [9.17, 15) is 55.9 Å². The number of Topliss-reactive ketones (excluding diaryl/α,β-unsaturated/α-hetero) is 1. The van der Waals surface area contributed by atoms with Crippen LogP contribution in [-0.4, -0.2) is 144 Å². The molecular weight excluding hydrogens is 624 g/mol. The van der Waals surface area contributed by atoms with Crippen LogP contribution in [0, 0.1) is 11.3 Å². The molecule has 2 saturated heterocycles. The Balaban J connectivity index is 1.59. The molecule has 14 atom stereocenters. The summed E-state index contributed by atoms with van der Waals surface area (Å²) in [4.78, 5) is 13.6. The maximum Gasteiger partial charge on any atom is 0.229 e. The molecule has 0 radical (unpaired) electrons. The summed E-state index contributed by atoms with van der Waals surface area (Å²) in [5, 5.41) is 106. The zero-order chi connectivity index (χ0) is 34.7. The lowest BCUT2D eigenvalue weighted by Crippen LogP contribution is -2.65. The summed E-state index contributed by atoms with van der Waals surface area (Å²) in [6.45, 7) is 5.64. The summed E-state index contributed by atoms with van der Waals surface area (Å²) in [7, 11) is 0. The maximum absolute atomic E-state index is 13.6. The van der Waals surface area contributed by atoms with Crippen LogP contribution in [0.3, 0.4) is 0 Å². The van der Waals surface area contributed by atoms with Gasteiger partial charge in [0.2, 0.25) is 6.29 Å². The first-order chi connectivity index (χ1) is 22.0. The quantitative estimate of drug-likeness (QED) is 0.143. The SMILES string of the molecule is CC(O)Cc1cc2c(c(O)c1O[C@@H]1O[C@H](CO)[C@@H](O)[C@H](O)[C@H]1O[C@@H]1O[C@H](CO)[C@@H](O)[C@H](O)[C@H]1O)[C@@]1(C)CC[C@H](O)C(C)(C)[C@@H]1CC2=O. The van der Waals surface area contributed by atoms with Gasteiger partial charge in [-0.1, -0.05) is 20.8 Å². The number of ketones is 1. The van der Waals surface area contributed by atoms with Gasteiger partial charge in [0, 0.05) is 34.9 Å².